The molecule has 1 aliphatic heterocycles. The molecule has 0 saturated heterocycles. The number of imidazole rings is 1. The van der Waals surface area contributed by atoms with Crippen molar-refractivity contribution in [2.75, 3.05) is 13.2 Å². The van der Waals surface area contributed by atoms with Crippen molar-refractivity contribution in [3.8, 4) is 11.4 Å². The molecule has 2 atom stereocenters. The number of H-pyrrole nitrogens is 2. The number of pyridine rings is 1. The molecule has 5 heterocycles. The molecule has 10 heteroatoms. The number of aromatic amines is 2. The van der Waals surface area contributed by atoms with E-state index in [1.165, 1.54) is 12.3 Å². The normalized spacial score (nSPS) is 19.5. The summed E-state index contributed by atoms with van der Waals surface area (Å²) in [6.07, 6.45) is 3.58. The first-order chi connectivity index (χ1) is 18.0. The van der Waals surface area contributed by atoms with E-state index in [1.807, 2.05) is 32.9 Å². The summed E-state index contributed by atoms with van der Waals surface area (Å²) in [4.78, 5) is 15.9. The molecule has 4 aromatic heterocycles. The molecule has 0 fully saturated rings. The smallest absolute Gasteiger partial charge is 0.245 e. The highest BCUT2D eigenvalue weighted by atomic mass is 19.1. The van der Waals surface area contributed by atoms with Crippen LogP contribution in [0.25, 0.3) is 22.3 Å². The molecular weight excluding hydrogens is 473 g/mol. The van der Waals surface area contributed by atoms with E-state index in [0.29, 0.717) is 36.2 Å². The van der Waals surface area contributed by atoms with Crippen LogP contribution in [0, 0.1) is 5.82 Å². The molecule has 1 aromatic carbocycles. The number of nitrogens with one attached hydrogen (secondary N) is 3. The molecule has 6 rings (SSSR count). The van der Waals surface area contributed by atoms with Crippen LogP contribution in [0.15, 0.2) is 53.2 Å². The topological polar surface area (TPSA) is 118 Å². The molecule has 1 unspecified atom stereocenters. The van der Waals surface area contributed by atoms with Gasteiger partial charge in [0.2, 0.25) is 11.8 Å². The number of nitrogens with zero attached hydrogens (tertiary/aromatic N) is 4. The predicted octanol–water partition coefficient (Wildman–Crippen LogP) is 4.77. The second kappa shape index (κ2) is 9.20. The lowest BCUT2D eigenvalue weighted by Gasteiger charge is -2.39. The predicted molar refractivity (Wildman–Crippen MR) is 135 cm³/mol. The van der Waals surface area contributed by atoms with Crippen LogP contribution in [0.3, 0.4) is 0 Å². The van der Waals surface area contributed by atoms with Crippen molar-refractivity contribution in [2.45, 2.75) is 44.7 Å². The summed E-state index contributed by atoms with van der Waals surface area (Å²) >= 11 is 0. The number of para-hydroxylation sites is 1. The molecule has 0 spiro atoms. The Morgan fingerprint density at radius 1 is 1.11 bits per heavy atom. The molecule has 0 bridgehead atoms. The van der Waals surface area contributed by atoms with Crippen molar-refractivity contribution in [2.24, 2.45) is 0 Å². The zero-order valence-corrected chi connectivity index (χ0v) is 20.9. The first kappa shape index (κ1) is 23.5. The van der Waals surface area contributed by atoms with Crippen LogP contribution < -0.4 is 5.32 Å². The van der Waals surface area contributed by atoms with Crippen LogP contribution in [0.4, 0.5) is 4.39 Å². The Bertz CT molecular complexity index is 1540. The van der Waals surface area contributed by atoms with Gasteiger partial charge in [0, 0.05) is 23.4 Å². The first-order valence-corrected chi connectivity index (χ1v) is 12.4. The quantitative estimate of drug-likeness (QED) is 0.294. The molecule has 9 nitrogen and oxygen atoms in total. The number of halogens is 1. The van der Waals surface area contributed by atoms with Gasteiger partial charge in [-0.2, -0.15) is 0 Å². The fraction of sp³-hybridized carbons (Fsp3) is 0.333. The number of aromatic nitrogens is 6. The van der Waals surface area contributed by atoms with Gasteiger partial charge in [-0.3, -0.25) is 10.3 Å². The lowest BCUT2D eigenvalue weighted by Crippen LogP contribution is -2.53. The first-order valence-electron chi connectivity index (χ1n) is 12.4. The van der Waals surface area contributed by atoms with Gasteiger partial charge in [0.15, 0.2) is 5.54 Å². The van der Waals surface area contributed by atoms with Crippen molar-refractivity contribution in [1.29, 1.82) is 0 Å². The Morgan fingerprint density at radius 2 is 1.97 bits per heavy atom. The Labute approximate surface area is 212 Å². The minimum absolute atomic E-state index is 0.0859. The van der Waals surface area contributed by atoms with E-state index < -0.39 is 5.54 Å². The van der Waals surface area contributed by atoms with Gasteiger partial charge in [-0.1, -0.05) is 32.0 Å². The Kier molecular flexibility index (Phi) is 5.85. The molecule has 0 amide bonds. The summed E-state index contributed by atoms with van der Waals surface area (Å²) in [6.45, 7) is 6.81. The van der Waals surface area contributed by atoms with Gasteiger partial charge in [-0.15, -0.1) is 10.2 Å². The maximum Gasteiger partial charge on any atom is 0.245 e. The minimum atomic E-state index is -0.922. The van der Waals surface area contributed by atoms with Crippen LogP contribution in [-0.4, -0.2) is 43.3 Å². The van der Waals surface area contributed by atoms with Gasteiger partial charge < -0.3 is 19.1 Å². The van der Waals surface area contributed by atoms with Crippen molar-refractivity contribution < 1.29 is 13.5 Å². The van der Waals surface area contributed by atoms with Gasteiger partial charge in [0.1, 0.15) is 11.6 Å². The van der Waals surface area contributed by atoms with E-state index in [2.05, 4.69) is 47.6 Å². The molecule has 0 aliphatic carbocycles. The van der Waals surface area contributed by atoms with Crippen molar-refractivity contribution in [3.05, 3.63) is 83.5 Å². The van der Waals surface area contributed by atoms with Gasteiger partial charge in [0.25, 0.3) is 0 Å². The zero-order chi connectivity index (χ0) is 25.6. The highest BCUT2D eigenvalue weighted by molar-refractivity contribution is 5.85. The lowest BCUT2D eigenvalue weighted by molar-refractivity contribution is 0.0654. The third kappa shape index (κ3) is 4.02. The summed E-state index contributed by atoms with van der Waals surface area (Å²) < 4.78 is 25.7. The Hall–Kier alpha value is -3.89. The summed E-state index contributed by atoms with van der Waals surface area (Å²) in [5.74, 6) is 1.43. The lowest BCUT2D eigenvalue weighted by atomic mass is 9.83. The van der Waals surface area contributed by atoms with Crippen molar-refractivity contribution >= 4 is 10.9 Å². The van der Waals surface area contributed by atoms with Gasteiger partial charge in [-0.05, 0) is 37.1 Å². The number of ether oxygens (including phenoxy) is 1. The van der Waals surface area contributed by atoms with Gasteiger partial charge >= 0.3 is 0 Å². The summed E-state index contributed by atoms with van der Waals surface area (Å²) in [7, 11) is 0. The van der Waals surface area contributed by atoms with Gasteiger partial charge in [0.05, 0.1) is 42.1 Å². The summed E-state index contributed by atoms with van der Waals surface area (Å²) in [6, 6.07) is 11.0. The van der Waals surface area contributed by atoms with Crippen LogP contribution in [0.1, 0.15) is 61.6 Å². The largest absolute Gasteiger partial charge is 0.422 e. The van der Waals surface area contributed by atoms with Crippen molar-refractivity contribution in [1.82, 2.24) is 35.5 Å². The zero-order valence-electron chi connectivity index (χ0n) is 20.9. The minimum Gasteiger partial charge on any atom is -0.422 e. The van der Waals surface area contributed by atoms with Crippen LogP contribution in [0.5, 0.6) is 0 Å². The second-order valence-electron chi connectivity index (χ2n) is 9.61. The highest BCUT2D eigenvalue weighted by Crippen LogP contribution is 2.43. The fourth-order valence-corrected chi connectivity index (χ4v) is 4.98. The number of hydrogen-bond donors (Lipinski definition) is 3. The van der Waals surface area contributed by atoms with Crippen LogP contribution >= 0.6 is 0 Å². The SMILES string of the molecule is CCOCC1(c2nnc(C(C)C)o2)N[C@@H](c2ncc(-c3ccc(F)cn3)[nH]2)Cc2c1[nH]c1ccccc21. The monoisotopic (exact) mass is 501 g/mol. The van der Waals surface area contributed by atoms with E-state index in [1.54, 1.807) is 12.3 Å². The van der Waals surface area contributed by atoms with E-state index >= 15 is 0 Å². The fourth-order valence-electron chi connectivity index (χ4n) is 4.98. The number of hydrogen-bond acceptors (Lipinski definition) is 7. The molecule has 190 valence electrons. The average Bonchev–Trinajstić information content (AvgIpc) is 3.66. The van der Waals surface area contributed by atoms with Gasteiger partial charge in [-0.25, -0.2) is 9.37 Å². The molecule has 37 heavy (non-hydrogen) atoms. The standard InChI is InChI=1S/C27H28FN7O2/c1-4-36-14-27(26-35-34-25(37-26)15(2)3)23-18(17-7-5-6-8-19(17)31-23)11-21(33-27)24-30-13-22(32-24)20-10-9-16(28)12-29-20/h5-10,12-13,15,21,31,33H,4,11,14H2,1-3H3,(H,30,32)/t21-,27?/m1/s1. The van der Waals surface area contributed by atoms with E-state index in [4.69, 9.17) is 9.15 Å². The summed E-state index contributed by atoms with van der Waals surface area (Å²) in [5, 5.41) is 13.7. The molecule has 1 aliphatic rings. The van der Waals surface area contributed by atoms with Crippen LogP contribution in [0.2, 0.25) is 0 Å². The van der Waals surface area contributed by atoms with Crippen molar-refractivity contribution in [3.63, 3.8) is 0 Å². The average molecular weight is 502 g/mol. The summed E-state index contributed by atoms with van der Waals surface area (Å²) in [5.41, 5.74) is 3.51. The van der Waals surface area contributed by atoms with E-state index in [9.17, 15) is 4.39 Å². The third-order valence-electron chi connectivity index (χ3n) is 6.82. The maximum absolute atomic E-state index is 13.4. The molecule has 0 radical (unpaired) electrons. The molecule has 3 N–H and O–H groups in total. The maximum atomic E-state index is 13.4. The third-order valence-corrected chi connectivity index (χ3v) is 6.82. The second-order valence-corrected chi connectivity index (χ2v) is 9.61. The highest BCUT2D eigenvalue weighted by Gasteiger charge is 2.49. The molecular formula is C27H28FN7O2. The molecule has 5 aromatic rings. The Balaban J connectivity index is 1.49. The molecule has 0 saturated carbocycles. The Morgan fingerprint density at radius 3 is 2.73 bits per heavy atom. The van der Waals surface area contributed by atoms with E-state index in [0.717, 1.165) is 28.0 Å². The van der Waals surface area contributed by atoms with E-state index in [-0.39, 0.29) is 24.4 Å². The number of rotatable bonds is 7. The van der Waals surface area contributed by atoms with Crippen LogP contribution in [-0.2, 0) is 16.7 Å². The number of fused-ring (bicyclic) bond motifs is 3. The number of benzene rings is 1.